The molecule has 1 amide bonds. The summed E-state index contributed by atoms with van der Waals surface area (Å²) in [6.07, 6.45) is 1.54. The molecule has 1 atom stereocenters. The first kappa shape index (κ1) is 19.3. The van der Waals surface area contributed by atoms with E-state index in [2.05, 4.69) is 54.4 Å². The molecule has 4 nitrogen and oxygen atoms in total. The lowest BCUT2D eigenvalue weighted by Gasteiger charge is -2.20. The molecule has 0 radical (unpaired) electrons. The highest BCUT2D eigenvalue weighted by atomic mass is 16.5. The Kier molecular flexibility index (Phi) is 6.38. The van der Waals surface area contributed by atoms with Crippen LogP contribution in [0.1, 0.15) is 44.2 Å². The van der Waals surface area contributed by atoms with Gasteiger partial charge >= 0.3 is 0 Å². The van der Waals surface area contributed by atoms with Gasteiger partial charge in [0.05, 0.1) is 0 Å². The molecule has 1 N–H and O–H groups in total. The molecular weight excluding hydrogens is 336 g/mol. The summed E-state index contributed by atoms with van der Waals surface area (Å²) in [5.41, 5.74) is 3.89. The van der Waals surface area contributed by atoms with Crippen LogP contribution in [0, 0.1) is 0 Å². The van der Waals surface area contributed by atoms with Crippen molar-refractivity contribution in [3.8, 4) is 5.75 Å². The smallest absolute Gasteiger partial charge is 0.260 e. The highest BCUT2D eigenvalue weighted by molar-refractivity contribution is 5.80. The number of nitrogens with one attached hydrogen (secondary N) is 1. The van der Waals surface area contributed by atoms with Crippen LogP contribution in [0.25, 0.3) is 0 Å². The third kappa shape index (κ3) is 4.82. The lowest BCUT2D eigenvalue weighted by Crippen LogP contribution is -2.38. The number of hydrogen-bond donors (Lipinski definition) is 1. The fourth-order valence-electron chi connectivity index (χ4n) is 3.57. The molecule has 3 rings (SSSR count). The van der Waals surface area contributed by atoms with Crippen LogP contribution in [0.3, 0.4) is 0 Å². The monoisotopic (exact) mass is 366 g/mol. The van der Waals surface area contributed by atoms with Gasteiger partial charge in [0, 0.05) is 25.3 Å². The number of hydrogen-bond acceptors (Lipinski definition) is 3. The van der Waals surface area contributed by atoms with Gasteiger partial charge in [0.15, 0.2) is 6.10 Å². The molecule has 1 aliphatic heterocycles. The molecule has 2 aromatic carbocycles. The average molecular weight is 367 g/mol. The van der Waals surface area contributed by atoms with E-state index in [0.717, 1.165) is 37.2 Å². The van der Waals surface area contributed by atoms with Gasteiger partial charge in [-0.25, -0.2) is 0 Å². The number of nitrogens with zero attached hydrogens (tertiary/aromatic N) is 1. The van der Waals surface area contributed by atoms with Crippen LogP contribution in [0.4, 0.5) is 5.69 Å². The van der Waals surface area contributed by atoms with Gasteiger partial charge in [-0.15, -0.1) is 0 Å². The van der Waals surface area contributed by atoms with Gasteiger partial charge in [0.2, 0.25) is 0 Å². The number of benzene rings is 2. The first-order valence-corrected chi connectivity index (χ1v) is 9.92. The maximum absolute atomic E-state index is 12.4. The van der Waals surface area contributed by atoms with E-state index in [1.807, 2.05) is 25.1 Å². The topological polar surface area (TPSA) is 41.6 Å². The first-order chi connectivity index (χ1) is 13.1. The predicted molar refractivity (Wildman–Crippen MR) is 111 cm³/mol. The van der Waals surface area contributed by atoms with E-state index in [-0.39, 0.29) is 5.91 Å². The van der Waals surface area contributed by atoms with E-state index in [4.69, 9.17) is 4.74 Å². The van der Waals surface area contributed by atoms with Gasteiger partial charge in [0.1, 0.15) is 5.75 Å². The average Bonchev–Trinajstić information content (AvgIpc) is 3.08. The third-order valence-corrected chi connectivity index (χ3v) is 5.10. The second-order valence-corrected chi connectivity index (χ2v) is 7.46. The van der Waals surface area contributed by atoms with Crippen molar-refractivity contribution in [2.75, 3.05) is 24.5 Å². The van der Waals surface area contributed by atoms with Crippen LogP contribution >= 0.6 is 0 Å². The minimum Gasteiger partial charge on any atom is -0.481 e. The van der Waals surface area contributed by atoms with Crippen LogP contribution in [0.2, 0.25) is 0 Å². The highest BCUT2D eigenvalue weighted by Crippen LogP contribution is 2.28. The van der Waals surface area contributed by atoms with E-state index in [1.165, 1.54) is 11.3 Å². The third-order valence-electron chi connectivity index (χ3n) is 5.10. The van der Waals surface area contributed by atoms with Crippen molar-refractivity contribution in [1.82, 2.24) is 5.32 Å². The lowest BCUT2D eigenvalue weighted by atomic mass is 10.0. The maximum Gasteiger partial charge on any atom is 0.260 e. The summed E-state index contributed by atoms with van der Waals surface area (Å²) in [6.45, 7) is 8.76. The normalized spacial score (nSPS) is 14.1. The summed E-state index contributed by atoms with van der Waals surface area (Å²) in [6, 6.07) is 16.5. The van der Waals surface area contributed by atoms with Crippen LogP contribution < -0.4 is 15.0 Å². The van der Waals surface area contributed by atoms with Crippen molar-refractivity contribution in [3.63, 3.8) is 0 Å². The molecule has 0 spiro atoms. The van der Waals surface area contributed by atoms with E-state index in [9.17, 15) is 4.79 Å². The Morgan fingerprint density at radius 3 is 2.67 bits per heavy atom. The SMILES string of the molecule is CC(C)c1ccccc1O[C@H](C)C(=O)NCCCN1CCc2ccccc21. The summed E-state index contributed by atoms with van der Waals surface area (Å²) in [5.74, 6) is 1.10. The fourth-order valence-corrected chi connectivity index (χ4v) is 3.57. The van der Waals surface area contributed by atoms with E-state index < -0.39 is 6.10 Å². The molecule has 0 unspecified atom stereocenters. The summed E-state index contributed by atoms with van der Waals surface area (Å²) >= 11 is 0. The maximum atomic E-state index is 12.4. The van der Waals surface area contributed by atoms with Crippen molar-refractivity contribution < 1.29 is 9.53 Å². The molecule has 1 heterocycles. The zero-order valence-electron chi connectivity index (χ0n) is 16.6. The molecule has 1 aliphatic rings. The van der Waals surface area contributed by atoms with Gasteiger partial charge in [0.25, 0.3) is 5.91 Å². The van der Waals surface area contributed by atoms with E-state index in [1.54, 1.807) is 0 Å². The van der Waals surface area contributed by atoms with Crippen molar-refractivity contribution in [2.45, 2.75) is 45.6 Å². The molecule has 0 aromatic heterocycles. The van der Waals surface area contributed by atoms with Gasteiger partial charge in [-0.1, -0.05) is 50.2 Å². The van der Waals surface area contributed by atoms with Crippen LogP contribution in [0.5, 0.6) is 5.75 Å². The number of anilines is 1. The van der Waals surface area contributed by atoms with Crippen molar-refractivity contribution >= 4 is 11.6 Å². The number of ether oxygens (including phenoxy) is 1. The Labute approximate surface area is 162 Å². The Bertz CT molecular complexity index is 772. The molecule has 0 aliphatic carbocycles. The summed E-state index contributed by atoms with van der Waals surface area (Å²) in [7, 11) is 0. The zero-order chi connectivity index (χ0) is 19.2. The number of para-hydroxylation sites is 2. The fraction of sp³-hybridized carbons (Fsp3) is 0.435. The van der Waals surface area contributed by atoms with Crippen LogP contribution in [0.15, 0.2) is 48.5 Å². The van der Waals surface area contributed by atoms with Crippen molar-refractivity contribution in [1.29, 1.82) is 0 Å². The Balaban J connectivity index is 1.43. The number of carbonyl (C=O) groups excluding carboxylic acids is 1. The molecule has 2 aromatic rings. The zero-order valence-corrected chi connectivity index (χ0v) is 16.6. The molecule has 4 heteroatoms. The highest BCUT2D eigenvalue weighted by Gasteiger charge is 2.19. The van der Waals surface area contributed by atoms with Gasteiger partial charge < -0.3 is 15.0 Å². The molecule has 0 bridgehead atoms. The molecule has 0 saturated heterocycles. The second kappa shape index (κ2) is 8.94. The second-order valence-electron chi connectivity index (χ2n) is 7.46. The van der Waals surface area contributed by atoms with E-state index >= 15 is 0 Å². The number of carbonyl (C=O) groups is 1. The minimum absolute atomic E-state index is 0.0598. The molecule has 0 saturated carbocycles. The number of fused-ring (bicyclic) bond motifs is 1. The summed E-state index contributed by atoms with van der Waals surface area (Å²) in [5, 5.41) is 3.01. The first-order valence-electron chi connectivity index (χ1n) is 9.92. The predicted octanol–water partition coefficient (Wildman–Crippen LogP) is 4.15. The standard InChI is InChI=1S/C23H30N2O2/c1-17(2)20-10-5-7-12-22(20)27-18(3)23(26)24-14-8-15-25-16-13-19-9-4-6-11-21(19)25/h4-7,9-12,17-18H,8,13-16H2,1-3H3,(H,24,26)/t18-/m1/s1. The van der Waals surface area contributed by atoms with Gasteiger partial charge in [-0.05, 0) is 48.9 Å². The van der Waals surface area contributed by atoms with E-state index in [0.29, 0.717) is 12.5 Å². The Hall–Kier alpha value is -2.49. The van der Waals surface area contributed by atoms with Gasteiger partial charge in [-0.2, -0.15) is 0 Å². The molecular formula is C23H30N2O2. The molecule has 27 heavy (non-hydrogen) atoms. The molecule has 0 fully saturated rings. The largest absolute Gasteiger partial charge is 0.481 e. The minimum atomic E-state index is -0.502. The van der Waals surface area contributed by atoms with Crippen molar-refractivity contribution in [2.24, 2.45) is 0 Å². The Morgan fingerprint density at radius 1 is 1.11 bits per heavy atom. The quantitative estimate of drug-likeness (QED) is 0.714. The van der Waals surface area contributed by atoms with Crippen LogP contribution in [-0.2, 0) is 11.2 Å². The van der Waals surface area contributed by atoms with Gasteiger partial charge in [-0.3, -0.25) is 4.79 Å². The summed E-state index contributed by atoms with van der Waals surface area (Å²) in [4.78, 5) is 14.8. The molecule has 144 valence electrons. The Morgan fingerprint density at radius 2 is 1.85 bits per heavy atom. The number of amides is 1. The van der Waals surface area contributed by atoms with Crippen LogP contribution in [-0.4, -0.2) is 31.6 Å². The van der Waals surface area contributed by atoms with Crippen molar-refractivity contribution in [3.05, 3.63) is 59.7 Å². The summed E-state index contributed by atoms with van der Waals surface area (Å²) < 4.78 is 5.92. The lowest BCUT2D eigenvalue weighted by molar-refractivity contribution is -0.127. The number of rotatable bonds is 8.